The summed E-state index contributed by atoms with van der Waals surface area (Å²) >= 11 is 0. The maximum atomic E-state index is 12.9. The molecular formula is C12H16F3NO. The standard InChI is InChI=1S/C12H16F3NO/c1-9(16-7-12(14,15)8-17)5-10-3-2-4-11(13)6-10/h2-4,6,9,16-17H,5,7-8H2,1H3. The first-order valence-electron chi connectivity index (χ1n) is 5.39. The first-order valence-corrected chi connectivity index (χ1v) is 5.39. The lowest BCUT2D eigenvalue weighted by Gasteiger charge is -2.18. The van der Waals surface area contributed by atoms with Gasteiger partial charge in [0, 0.05) is 6.04 Å². The Morgan fingerprint density at radius 3 is 2.71 bits per heavy atom. The van der Waals surface area contributed by atoms with Crippen molar-refractivity contribution in [2.75, 3.05) is 13.2 Å². The fourth-order valence-electron chi connectivity index (χ4n) is 1.47. The van der Waals surface area contributed by atoms with Crippen LogP contribution in [0.15, 0.2) is 24.3 Å². The fraction of sp³-hybridized carbons (Fsp3) is 0.500. The van der Waals surface area contributed by atoms with Crippen LogP contribution in [0.1, 0.15) is 12.5 Å². The molecule has 0 saturated heterocycles. The molecule has 1 aromatic rings. The van der Waals surface area contributed by atoms with Crippen molar-refractivity contribution in [3.8, 4) is 0 Å². The largest absolute Gasteiger partial charge is 0.390 e. The molecule has 5 heteroatoms. The lowest BCUT2D eigenvalue weighted by molar-refractivity contribution is -0.0490. The molecule has 1 unspecified atom stereocenters. The number of nitrogens with one attached hydrogen (secondary N) is 1. The van der Waals surface area contributed by atoms with Crippen molar-refractivity contribution >= 4 is 0 Å². The monoisotopic (exact) mass is 247 g/mol. The minimum Gasteiger partial charge on any atom is -0.390 e. The molecule has 1 aromatic carbocycles. The van der Waals surface area contributed by atoms with Crippen LogP contribution in [0.25, 0.3) is 0 Å². The van der Waals surface area contributed by atoms with Crippen LogP contribution in [0, 0.1) is 5.82 Å². The Morgan fingerprint density at radius 2 is 2.12 bits per heavy atom. The molecule has 0 aliphatic rings. The number of hydrogen-bond acceptors (Lipinski definition) is 2. The van der Waals surface area contributed by atoms with Crippen LogP contribution in [0.4, 0.5) is 13.2 Å². The highest BCUT2D eigenvalue weighted by Gasteiger charge is 2.27. The molecule has 96 valence electrons. The maximum absolute atomic E-state index is 12.9. The number of alkyl halides is 2. The number of benzene rings is 1. The second-order valence-electron chi connectivity index (χ2n) is 4.13. The molecule has 0 heterocycles. The molecule has 1 atom stereocenters. The minimum absolute atomic E-state index is 0.214. The molecule has 17 heavy (non-hydrogen) atoms. The summed E-state index contributed by atoms with van der Waals surface area (Å²) in [6.07, 6.45) is 0.458. The van der Waals surface area contributed by atoms with Gasteiger partial charge in [-0.25, -0.2) is 13.2 Å². The summed E-state index contributed by atoms with van der Waals surface area (Å²) in [6.45, 7) is -0.0228. The van der Waals surface area contributed by atoms with E-state index in [1.807, 2.05) is 0 Å². The van der Waals surface area contributed by atoms with Gasteiger partial charge in [0.2, 0.25) is 0 Å². The summed E-state index contributed by atoms with van der Waals surface area (Å²) in [5.74, 6) is -3.45. The van der Waals surface area contributed by atoms with E-state index >= 15 is 0 Å². The van der Waals surface area contributed by atoms with E-state index in [0.717, 1.165) is 5.56 Å². The van der Waals surface area contributed by atoms with E-state index in [0.29, 0.717) is 6.42 Å². The minimum atomic E-state index is -3.11. The van der Waals surface area contributed by atoms with E-state index in [1.165, 1.54) is 12.1 Å². The van der Waals surface area contributed by atoms with Crippen LogP contribution in [-0.2, 0) is 6.42 Å². The van der Waals surface area contributed by atoms with Gasteiger partial charge in [0.25, 0.3) is 5.92 Å². The summed E-state index contributed by atoms with van der Waals surface area (Å²) < 4.78 is 38.4. The Bertz CT molecular complexity index is 357. The summed E-state index contributed by atoms with van der Waals surface area (Å²) in [4.78, 5) is 0. The van der Waals surface area contributed by atoms with E-state index in [2.05, 4.69) is 5.32 Å². The molecular weight excluding hydrogens is 231 g/mol. The van der Waals surface area contributed by atoms with E-state index < -0.39 is 19.1 Å². The Morgan fingerprint density at radius 1 is 1.41 bits per heavy atom. The quantitative estimate of drug-likeness (QED) is 0.805. The maximum Gasteiger partial charge on any atom is 0.282 e. The SMILES string of the molecule is CC(Cc1cccc(F)c1)NCC(F)(F)CO. The van der Waals surface area contributed by atoms with Crippen molar-refractivity contribution in [3.05, 3.63) is 35.6 Å². The zero-order chi connectivity index (χ0) is 12.9. The lowest BCUT2D eigenvalue weighted by atomic mass is 10.1. The molecule has 0 radical (unpaired) electrons. The normalized spacial score (nSPS) is 13.7. The van der Waals surface area contributed by atoms with Crippen molar-refractivity contribution in [3.63, 3.8) is 0 Å². The van der Waals surface area contributed by atoms with Gasteiger partial charge in [-0.2, -0.15) is 0 Å². The molecule has 1 rings (SSSR count). The van der Waals surface area contributed by atoms with Crippen LogP contribution in [0.3, 0.4) is 0 Å². The third-order valence-electron chi connectivity index (χ3n) is 2.37. The predicted molar refractivity (Wildman–Crippen MR) is 59.6 cm³/mol. The molecule has 0 spiro atoms. The third-order valence-corrected chi connectivity index (χ3v) is 2.37. The summed E-state index contributed by atoms with van der Waals surface area (Å²) in [5.41, 5.74) is 0.748. The summed E-state index contributed by atoms with van der Waals surface area (Å²) in [6, 6.07) is 5.82. The van der Waals surface area contributed by atoms with Gasteiger partial charge in [-0.1, -0.05) is 12.1 Å². The highest BCUT2D eigenvalue weighted by Crippen LogP contribution is 2.11. The van der Waals surface area contributed by atoms with Crippen LogP contribution < -0.4 is 5.32 Å². The highest BCUT2D eigenvalue weighted by molar-refractivity contribution is 5.17. The Labute approximate surface area is 98.5 Å². The van der Waals surface area contributed by atoms with Gasteiger partial charge in [0.1, 0.15) is 12.4 Å². The Balaban J connectivity index is 2.42. The average Bonchev–Trinajstić information content (AvgIpc) is 2.27. The topological polar surface area (TPSA) is 32.3 Å². The molecule has 2 N–H and O–H groups in total. The molecule has 2 nitrogen and oxygen atoms in total. The lowest BCUT2D eigenvalue weighted by Crippen LogP contribution is -2.40. The molecule has 0 saturated carbocycles. The number of aliphatic hydroxyl groups excluding tert-OH is 1. The molecule has 0 fully saturated rings. The number of aliphatic hydroxyl groups is 1. The third kappa shape index (κ3) is 5.19. The van der Waals surface area contributed by atoms with Crippen molar-refractivity contribution in [2.45, 2.75) is 25.3 Å². The second-order valence-corrected chi connectivity index (χ2v) is 4.13. The number of rotatable bonds is 6. The molecule has 0 bridgehead atoms. The smallest absolute Gasteiger partial charge is 0.282 e. The van der Waals surface area contributed by atoms with Gasteiger partial charge >= 0.3 is 0 Å². The van der Waals surface area contributed by atoms with Crippen LogP contribution in [0.2, 0.25) is 0 Å². The zero-order valence-electron chi connectivity index (χ0n) is 9.59. The molecule has 0 aliphatic heterocycles. The molecule has 0 aliphatic carbocycles. The van der Waals surface area contributed by atoms with Gasteiger partial charge in [-0.05, 0) is 31.0 Å². The van der Waals surface area contributed by atoms with Crippen molar-refractivity contribution < 1.29 is 18.3 Å². The Kier molecular flexibility index (Phi) is 4.96. The van der Waals surface area contributed by atoms with Crippen molar-refractivity contribution in [2.24, 2.45) is 0 Å². The van der Waals surface area contributed by atoms with Crippen LogP contribution >= 0.6 is 0 Å². The van der Waals surface area contributed by atoms with Gasteiger partial charge < -0.3 is 10.4 Å². The summed E-state index contributed by atoms with van der Waals surface area (Å²) in [7, 11) is 0. The first kappa shape index (κ1) is 14.0. The van der Waals surface area contributed by atoms with Gasteiger partial charge in [-0.3, -0.25) is 0 Å². The number of halogens is 3. The van der Waals surface area contributed by atoms with E-state index in [1.54, 1.807) is 19.1 Å². The first-order chi connectivity index (χ1) is 7.93. The zero-order valence-corrected chi connectivity index (χ0v) is 9.59. The van der Waals surface area contributed by atoms with Gasteiger partial charge in [-0.15, -0.1) is 0 Å². The van der Waals surface area contributed by atoms with E-state index in [-0.39, 0.29) is 11.9 Å². The van der Waals surface area contributed by atoms with Gasteiger partial charge in [0.05, 0.1) is 6.54 Å². The predicted octanol–water partition coefficient (Wildman–Crippen LogP) is 1.97. The fourth-order valence-corrected chi connectivity index (χ4v) is 1.47. The van der Waals surface area contributed by atoms with E-state index in [9.17, 15) is 13.2 Å². The van der Waals surface area contributed by atoms with Gasteiger partial charge in [0.15, 0.2) is 0 Å². The van der Waals surface area contributed by atoms with E-state index in [4.69, 9.17) is 5.11 Å². The molecule has 0 aromatic heterocycles. The number of hydrogen-bond donors (Lipinski definition) is 2. The summed E-state index contributed by atoms with van der Waals surface area (Å²) in [5, 5.41) is 11.0. The van der Waals surface area contributed by atoms with Crippen molar-refractivity contribution in [1.82, 2.24) is 5.32 Å². The molecule has 0 amide bonds. The second kappa shape index (κ2) is 6.02. The van der Waals surface area contributed by atoms with Crippen molar-refractivity contribution in [1.29, 1.82) is 0 Å². The van der Waals surface area contributed by atoms with Crippen LogP contribution in [-0.4, -0.2) is 30.2 Å². The Hall–Kier alpha value is -1.07. The highest BCUT2D eigenvalue weighted by atomic mass is 19.3. The average molecular weight is 247 g/mol. The van der Waals surface area contributed by atoms with Crippen LogP contribution in [0.5, 0.6) is 0 Å².